The molecule has 0 aliphatic carbocycles. The predicted molar refractivity (Wildman–Crippen MR) is 61.0 cm³/mol. The van der Waals surface area contributed by atoms with E-state index in [1.54, 1.807) is 0 Å². The molecule has 0 saturated carbocycles. The van der Waals surface area contributed by atoms with E-state index in [0.29, 0.717) is 12.5 Å². The van der Waals surface area contributed by atoms with Crippen molar-refractivity contribution in [1.29, 1.82) is 0 Å². The first-order valence-electron chi connectivity index (χ1n) is 5.93. The Labute approximate surface area is 92.8 Å². The molecule has 3 nitrogen and oxygen atoms in total. The number of carbonyl (C=O) groups is 1. The monoisotopic (exact) mass is 216 g/mol. The molecule has 15 heavy (non-hydrogen) atoms. The third kappa shape index (κ3) is 8.43. The Morgan fingerprint density at radius 2 is 2.07 bits per heavy atom. The maximum Gasteiger partial charge on any atom is 0.305 e. The molecule has 0 aliphatic heterocycles. The van der Waals surface area contributed by atoms with Gasteiger partial charge in [-0.3, -0.25) is 4.79 Å². The van der Waals surface area contributed by atoms with Gasteiger partial charge in [0, 0.05) is 6.61 Å². The van der Waals surface area contributed by atoms with Crippen LogP contribution in [0.3, 0.4) is 0 Å². The molecule has 0 amide bonds. The van der Waals surface area contributed by atoms with E-state index in [1.165, 1.54) is 19.3 Å². The topological polar surface area (TPSA) is 46.5 Å². The van der Waals surface area contributed by atoms with Crippen LogP contribution in [-0.2, 0) is 9.53 Å². The van der Waals surface area contributed by atoms with Gasteiger partial charge in [0.1, 0.15) is 0 Å². The summed E-state index contributed by atoms with van der Waals surface area (Å²) in [6.07, 6.45) is 4.67. The second kappa shape index (κ2) is 8.72. The third-order valence-electron chi connectivity index (χ3n) is 2.62. The van der Waals surface area contributed by atoms with Crippen LogP contribution >= 0.6 is 0 Å². The number of hydrogen-bond donors (Lipinski definition) is 1. The standard InChI is InChI=1S/C12H24O3/c1-4-6-7-11(5-2)9-15-10(3)8-12(13)14/h10-11H,4-9H2,1-3H3,(H,13,14)/t10-,11?/m0/s1. The highest BCUT2D eigenvalue weighted by Crippen LogP contribution is 2.14. The van der Waals surface area contributed by atoms with Gasteiger partial charge >= 0.3 is 5.97 Å². The third-order valence-corrected chi connectivity index (χ3v) is 2.62. The minimum atomic E-state index is -0.788. The maximum absolute atomic E-state index is 10.4. The number of ether oxygens (including phenoxy) is 1. The second-order valence-corrected chi connectivity index (χ2v) is 4.16. The molecular formula is C12H24O3. The zero-order chi connectivity index (χ0) is 11.7. The van der Waals surface area contributed by atoms with Crippen molar-refractivity contribution in [3.63, 3.8) is 0 Å². The number of carboxylic acid groups (broad SMARTS) is 1. The first kappa shape index (κ1) is 14.4. The summed E-state index contributed by atoms with van der Waals surface area (Å²) in [7, 11) is 0. The first-order chi connectivity index (χ1) is 7.10. The molecule has 90 valence electrons. The first-order valence-corrected chi connectivity index (χ1v) is 5.93. The van der Waals surface area contributed by atoms with Crippen molar-refractivity contribution >= 4 is 5.97 Å². The summed E-state index contributed by atoms with van der Waals surface area (Å²) in [5.41, 5.74) is 0. The Kier molecular flexibility index (Phi) is 8.38. The Morgan fingerprint density at radius 1 is 1.40 bits per heavy atom. The molecule has 0 aromatic carbocycles. The summed E-state index contributed by atoms with van der Waals surface area (Å²) in [5, 5.41) is 8.57. The van der Waals surface area contributed by atoms with E-state index in [-0.39, 0.29) is 12.5 Å². The Morgan fingerprint density at radius 3 is 2.53 bits per heavy atom. The molecule has 0 radical (unpaired) electrons. The van der Waals surface area contributed by atoms with E-state index in [9.17, 15) is 4.79 Å². The molecule has 0 fully saturated rings. The van der Waals surface area contributed by atoms with E-state index < -0.39 is 5.97 Å². The number of aliphatic carboxylic acids is 1. The molecular weight excluding hydrogens is 192 g/mol. The van der Waals surface area contributed by atoms with Gasteiger partial charge in [-0.2, -0.15) is 0 Å². The SMILES string of the molecule is CCCCC(CC)CO[C@@H](C)CC(=O)O. The predicted octanol–water partition coefficient (Wildman–Crippen LogP) is 3.08. The van der Waals surface area contributed by atoms with Gasteiger partial charge in [-0.1, -0.05) is 33.1 Å². The van der Waals surface area contributed by atoms with Crippen LogP contribution in [0.5, 0.6) is 0 Å². The van der Waals surface area contributed by atoms with E-state index in [2.05, 4.69) is 13.8 Å². The smallest absolute Gasteiger partial charge is 0.305 e. The van der Waals surface area contributed by atoms with E-state index in [4.69, 9.17) is 9.84 Å². The van der Waals surface area contributed by atoms with Crippen molar-refractivity contribution < 1.29 is 14.6 Å². The minimum Gasteiger partial charge on any atom is -0.481 e. The van der Waals surface area contributed by atoms with Crippen molar-refractivity contribution in [2.75, 3.05) is 6.61 Å². The lowest BCUT2D eigenvalue weighted by molar-refractivity contribution is -0.140. The molecule has 1 N–H and O–H groups in total. The van der Waals surface area contributed by atoms with Gasteiger partial charge in [-0.05, 0) is 19.3 Å². The summed E-state index contributed by atoms with van der Waals surface area (Å²) in [6.45, 7) is 6.86. The summed E-state index contributed by atoms with van der Waals surface area (Å²) in [5.74, 6) is -0.203. The lowest BCUT2D eigenvalue weighted by atomic mass is 10.0. The summed E-state index contributed by atoms with van der Waals surface area (Å²) in [6, 6.07) is 0. The average molecular weight is 216 g/mol. The fraction of sp³-hybridized carbons (Fsp3) is 0.917. The summed E-state index contributed by atoms with van der Waals surface area (Å²) < 4.78 is 5.52. The summed E-state index contributed by atoms with van der Waals surface area (Å²) in [4.78, 5) is 10.4. The van der Waals surface area contributed by atoms with Crippen LogP contribution in [0.2, 0.25) is 0 Å². The van der Waals surface area contributed by atoms with E-state index in [1.807, 2.05) is 6.92 Å². The molecule has 0 rings (SSSR count). The normalized spacial score (nSPS) is 14.9. The molecule has 3 heteroatoms. The number of unbranched alkanes of at least 4 members (excludes halogenated alkanes) is 1. The van der Waals surface area contributed by atoms with Gasteiger partial charge in [0.25, 0.3) is 0 Å². The van der Waals surface area contributed by atoms with Crippen molar-refractivity contribution in [3.8, 4) is 0 Å². The zero-order valence-corrected chi connectivity index (χ0v) is 10.2. The van der Waals surface area contributed by atoms with E-state index >= 15 is 0 Å². The highest BCUT2D eigenvalue weighted by molar-refractivity contribution is 5.67. The number of hydrogen-bond acceptors (Lipinski definition) is 2. The lowest BCUT2D eigenvalue weighted by Crippen LogP contribution is -2.18. The highest BCUT2D eigenvalue weighted by Gasteiger charge is 2.11. The van der Waals surface area contributed by atoms with Gasteiger partial charge in [-0.25, -0.2) is 0 Å². The van der Waals surface area contributed by atoms with Gasteiger partial charge in [0.2, 0.25) is 0 Å². The van der Waals surface area contributed by atoms with Gasteiger partial charge < -0.3 is 9.84 Å². The van der Waals surface area contributed by atoms with Gasteiger partial charge in [-0.15, -0.1) is 0 Å². The van der Waals surface area contributed by atoms with Crippen LogP contribution in [0.4, 0.5) is 0 Å². The van der Waals surface area contributed by atoms with Crippen molar-refractivity contribution in [1.82, 2.24) is 0 Å². The second-order valence-electron chi connectivity index (χ2n) is 4.16. The van der Waals surface area contributed by atoms with Crippen LogP contribution < -0.4 is 0 Å². The number of carboxylic acids is 1. The van der Waals surface area contributed by atoms with Gasteiger partial charge in [0.15, 0.2) is 0 Å². The van der Waals surface area contributed by atoms with Gasteiger partial charge in [0.05, 0.1) is 12.5 Å². The Bertz CT molecular complexity index is 168. The Hall–Kier alpha value is -0.570. The van der Waals surface area contributed by atoms with Crippen LogP contribution in [0, 0.1) is 5.92 Å². The lowest BCUT2D eigenvalue weighted by Gasteiger charge is -2.17. The molecule has 0 aliphatic rings. The van der Waals surface area contributed by atoms with Crippen LogP contribution in [-0.4, -0.2) is 23.8 Å². The fourth-order valence-corrected chi connectivity index (χ4v) is 1.50. The maximum atomic E-state index is 10.4. The summed E-state index contributed by atoms with van der Waals surface area (Å²) >= 11 is 0. The van der Waals surface area contributed by atoms with E-state index in [0.717, 1.165) is 6.42 Å². The van der Waals surface area contributed by atoms with Crippen molar-refractivity contribution in [2.24, 2.45) is 5.92 Å². The molecule has 2 atom stereocenters. The molecule has 0 aromatic heterocycles. The van der Waals surface area contributed by atoms with Crippen molar-refractivity contribution in [2.45, 2.75) is 59.0 Å². The van der Waals surface area contributed by atoms with Crippen LogP contribution in [0.15, 0.2) is 0 Å². The molecule has 0 heterocycles. The minimum absolute atomic E-state index is 0.101. The Balaban J connectivity index is 3.64. The molecule has 0 spiro atoms. The molecule has 1 unspecified atom stereocenters. The van der Waals surface area contributed by atoms with Crippen molar-refractivity contribution in [3.05, 3.63) is 0 Å². The average Bonchev–Trinajstić information content (AvgIpc) is 2.17. The quantitative estimate of drug-likeness (QED) is 0.644. The molecule has 0 bridgehead atoms. The largest absolute Gasteiger partial charge is 0.481 e. The van der Waals surface area contributed by atoms with Crippen LogP contribution in [0.1, 0.15) is 52.9 Å². The molecule has 0 aromatic rings. The zero-order valence-electron chi connectivity index (χ0n) is 10.2. The number of rotatable bonds is 9. The fourth-order valence-electron chi connectivity index (χ4n) is 1.50. The van der Waals surface area contributed by atoms with Crippen LogP contribution in [0.25, 0.3) is 0 Å². The molecule has 0 saturated heterocycles. The highest BCUT2D eigenvalue weighted by atomic mass is 16.5.